The maximum absolute atomic E-state index is 13.6. The number of nitrogens with one attached hydrogen (secondary N) is 1. The summed E-state index contributed by atoms with van der Waals surface area (Å²) >= 11 is 0. The molecule has 3 aromatic rings. The Hall–Kier alpha value is -3.56. The van der Waals surface area contributed by atoms with Crippen LogP contribution in [0.15, 0.2) is 48.4 Å². The van der Waals surface area contributed by atoms with Gasteiger partial charge < -0.3 is 10.1 Å². The van der Waals surface area contributed by atoms with Gasteiger partial charge in [-0.3, -0.25) is 9.67 Å². The quantitative estimate of drug-likeness (QED) is 0.400. The van der Waals surface area contributed by atoms with E-state index in [9.17, 15) is 13.2 Å². The molecule has 0 amide bonds. The minimum absolute atomic E-state index is 0.125. The van der Waals surface area contributed by atoms with Crippen molar-refractivity contribution < 1.29 is 17.9 Å². The highest BCUT2D eigenvalue weighted by atomic mass is 19.3. The SMILES string of the molecule is C=Cn1ncc(-c2cnn(CC)c2)c1NC=NC(C)c1cc(F)ccc1OC(F)F. The van der Waals surface area contributed by atoms with E-state index in [1.807, 2.05) is 13.1 Å². The molecule has 0 aliphatic carbocycles. The Balaban J connectivity index is 1.83. The molecule has 0 aliphatic heterocycles. The molecule has 0 radical (unpaired) electrons. The predicted molar refractivity (Wildman–Crippen MR) is 109 cm³/mol. The van der Waals surface area contributed by atoms with Gasteiger partial charge in [-0.25, -0.2) is 9.07 Å². The lowest BCUT2D eigenvalue weighted by atomic mass is 10.1. The van der Waals surface area contributed by atoms with Crippen LogP contribution in [-0.2, 0) is 6.54 Å². The number of anilines is 1. The highest BCUT2D eigenvalue weighted by molar-refractivity contribution is 5.85. The highest BCUT2D eigenvalue weighted by Crippen LogP contribution is 2.30. The number of ether oxygens (including phenoxy) is 1. The van der Waals surface area contributed by atoms with Crippen LogP contribution in [0.3, 0.4) is 0 Å². The lowest BCUT2D eigenvalue weighted by Gasteiger charge is -2.14. The number of aliphatic imine (C=N–C) groups is 1. The van der Waals surface area contributed by atoms with Crippen LogP contribution in [0.1, 0.15) is 25.5 Å². The largest absolute Gasteiger partial charge is 0.434 e. The monoisotopic (exact) mass is 418 g/mol. The molecule has 1 atom stereocenters. The van der Waals surface area contributed by atoms with Gasteiger partial charge in [0.05, 0.1) is 24.8 Å². The summed E-state index contributed by atoms with van der Waals surface area (Å²) in [6, 6.07) is 2.69. The van der Waals surface area contributed by atoms with E-state index in [1.165, 1.54) is 17.2 Å². The van der Waals surface area contributed by atoms with Crippen molar-refractivity contribution in [2.24, 2.45) is 4.99 Å². The summed E-state index contributed by atoms with van der Waals surface area (Å²) in [5, 5.41) is 11.5. The molecule has 1 unspecified atom stereocenters. The van der Waals surface area contributed by atoms with Crippen LogP contribution in [0, 0.1) is 5.82 Å². The Morgan fingerprint density at radius 3 is 2.77 bits per heavy atom. The Labute approximate surface area is 171 Å². The van der Waals surface area contributed by atoms with Gasteiger partial charge in [-0.2, -0.15) is 19.0 Å². The molecule has 1 N–H and O–H groups in total. The molecular formula is C20H21F3N6O. The van der Waals surface area contributed by atoms with E-state index in [0.29, 0.717) is 5.82 Å². The van der Waals surface area contributed by atoms with Crippen molar-refractivity contribution in [2.75, 3.05) is 5.32 Å². The minimum Gasteiger partial charge on any atom is -0.434 e. The summed E-state index contributed by atoms with van der Waals surface area (Å²) in [6.07, 6.45) is 8.19. The minimum atomic E-state index is -3.02. The van der Waals surface area contributed by atoms with Crippen LogP contribution in [0.2, 0.25) is 0 Å². The fourth-order valence-electron chi connectivity index (χ4n) is 2.87. The second-order valence-corrected chi connectivity index (χ2v) is 6.28. The molecule has 10 heteroatoms. The summed E-state index contributed by atoms with van der Waals surface area (Å²) in [5.74, 6) is -0.0960. The van der Waals surface area contributed by atoms with E-state index in [0.717, 1.165) is 35.9 Å². The van der Waals surface area contributed by atoms with E-state index < -0.39 is 18.5 Å². The van der Waals surface area contributed by atoms with Crippen LogP contribution in [0.25, 0.3) is 17.3 Å². The topological polar surface area (TPSA) is 69.3 Å². The second kappa shape index (κ2) is 9.29. The first-order valence-corrected chi connectivity index (χ1v) is 9.18. The van der Waals surface area contributed by atoms with Gasteiger partial charge in [0.2, 0.25) is 0 Å². The lowest BCUT2D eigenvalue weighted by Crippen LogP contribution is -2.07. The van der Waals surface area contributed by atoms with Crippen LogP contribution in [0.4, 0.5) is 19.0 Å². The van der Waals surface area contributed by atoms with E-state index in [-0.39, 0.29) is 11.3 Å². The molecule has 0 spiro atoms. The van der Waals surface area contributed by atoms with E-state index in [2.05, 4.69) is 31.8 Å². The van der Waals surface area contributed by atoms with Gasteiger partial charge in [0, 0.05) is 35.6 Å². The van der Waals surface area contributed by atoms with Gasteiger partial charge in [0.25, 0.3) is 0 Å². The number of rotatable bonds is 9. The summed E-state index contributed by atoms with van der Waals surface area (Å²) < 4.78 is 46.7. The first kappa shape index (κ1) is 21.2. The first-order valence-electron chi connectivity index (χ1n) is 9.18. The molecule has 0 fully saturated rings. The van der Waals surface area contributed by atoms with E-state index in [1.54, 1.807) is 24.0 Å². The standard InChI is InChI=1S/C20H21F3N6O/c1-4-28-11-14(9-26-28)17-10-27-29(5-2)19(17)25-12-24-13(3)16-8-15(21)6-7-18(16)30-20(22)23/h5-13,20H,2,4H2,1,3H3,(H,24,25). The summed E-state index contributed by atoms with van der Waals surface area (Å²) in [4.78, 5) is 4.29. The number of hydrogen-bond donors (Lipinski definition) is 1. The average Bonchev–Trinajstić information content (AvgIpc) is 3.35. The van der Waals surface area contributed by atoms with Crippen molar-refractivity contribution in [1.29, 1.82) is 0 Å². The third-order valence-corrected chi connectivity index (χ3v) is 4.37. The Bertz CT molecular complexity index is 1040. The molecular weight excluding hydrogens is 397 g/mol. The van der Waals surface area contributed by atoms with Gasteiger partial charge >= 0.3 is 6.61 Å². The van der Waals surface area contributed by atoms with Crippen molar-refractivity contribution in [2.45, 2.75) is 33.0 Å². The number of hydrogen-bond acceptors (Lipinski definition) is 4. The number of nitrogens with zero attached hydrogens (tertiary/aromatic N) is 5. The highest BCUT2D eigenvalue weighted by Gasteiger charge is 2.16. The zero-order chi connectivity index (χ0) is 21.7. The van der Waals surface area contributed by atoms with Gasteiger partial charge in [-0.1, -0.05) is 6.58 Å². The zero-order valence-corrected chi connectivity index (χ0v) is 16.5. The molecule has 0 saturated heterocycles. The molecule has 2 aromatic heterocycles. The van der Waals surface area contributed by atoms with Crippen molar-refractivity contribution in [3.05, 3.63) is 54.7 Å². The Morgan fingerprint density at radius 1 is 1.30 bits per heavy atom. The third kappa shape index (κ3) is 4.70. The molecule has 158 valence electrons. The second-order valence-electron chi connectivity index (χ2n) is 6.28. The van der Waals surface area contributed by atoms with Crippen molar-refractivity contribution in [3.8, 4) is 16.9 Å². The Kier molecular flexibility index (Phi) is 6.55. The maximum Gasteiger partial charge on any atom is 0.387 e. The van der Waals surface area contributed by atoms with Crippen molar-refractivity contribution >= 4 is 18.4 Å². The fourth-order valence-corrected chi connectivity index (χ4v) is 2.87. The van der Waals surface area contributed by atoms with Gasteiger partial charge in [-0.05, 0) is 32.0 Å². The molecule has 30 heavy (non-hydrogen) atoms. The maximum atomic E-state index is 13.6. The molecule has 2 heterocycles. The summed E-state index contributed by atoms with van der Waals surface area (Å²) in [6.45, 7) is 5.06. The average molecular weight is 418 g/mol. The number of benzene rings is 1. The zero-order valence-electron chi connectivity index (χ0n) is 16.5. The van der Waals surface area contributed by atoms with E-state index in [4.69, 9.17) is 0 Å². The van der Waals surface area contributed by atoms with Crippen LogP contribution in [0.5, 0.6) is 5.75 Å². The summed E-state index contributed by atoms with van der Waals surface area (Å²) in [5.41, 5.74) is 1.84. The predicted octanol–water partition coefficient (Wildman–Crippen LogP) is 4.81. The van der Waals surface area contributed by atoms with Crippen LogP contribution >= 0.6 is 0 Å². The van der Waals surface area contributed by atoms with Crippen LogP contribution in [-0.4, -0.2) is 32.5 Å². The van der Waals surface area contributed by atoms with Crippen LogP contribution < -0.4 is 10.1 Å². The molecule has 7 nitrogen and oxygen atoms in total. The molecule has 0 saturated carbocycles. The number of alkyl halides is 2. The summed E-state index contributed by atoms with van der Waals surface area (Å²) in [7, 11) is 0. The molecule has 1 aromatic carbocycles. The van der Waals surface area contributed by atoms with Gasteiger partial charge in [-0.15, -0.1) is 0 Å². The third-order valence-electron chi connectivity index (χ3n) is 4.37. The van der Waals surface area contributed by atoms with E-state index >= 15 is 0 Å². The molecule has 3 rings (SSSR count). The fraction of sp³-hybridized carbons (Fsp3) is 0.250. The first-order chi connectivity index (χ1) is 14.4. The number of aromatic nitrogens is 4. The smallest absolute Gasteiger partial charge is 0.387 e. The lowest BCUT2D eigenvalue weighted by molar-refractivity contribution is -0.0506. The van der Waals surface area contributed by atoms with Gasteiger partial charge in [0.15, 0.2) is 0 Å². The van der Waals surface area contributed by atoms with Crippen molar-refractivity contribution in [1.82, 2.24) is 19.6 Å². The Morgan fingerprint density at radius 2 is 2.10 bits per heavy atom. The number of halogens is 3. The molecule has 0 aliphatic rings. The molecule has 0 bridgehead atoms. The number of aryl methyl sites for hydroxylation is 1. The normalized spacial score (nSPS) is 12.5. The van der Waals surface area contributed by atoms with Crippen molar-refractivity contribution in [3.63, 3.8) is 0 Å². The van der Waals surface area contributed by atoms with Gasteiger partial charge in [0.1, 0.15) is 17.4 Å².